The highest BCUT2D eigenvalue weighted by molar-refractivity contribution is 9.10. The zero-order chi connectivity index (χ0) is 13.3. The SMILES string of the molecule is CC1C(=O)NC(=O)CN1CC(=O)c1sccc1Br. The normalized spacial score (nSPS) is 20.9. The number of amides is 2. The number of imide groups is 1. The molecule has 7 heteroatoms. The van der Waals surface area contributed by atoms with Crippen LogP contribution in [-0.4, -0.2) is 41.6 Å². The third-order valence-electron chi connectivity index (χ3n) is 2.75. The van der Waals surface area contributed by atoms with Crippen LogP contribution >= 0.6 is 27.3 Å². The second-order valence-electron chi connectivity index (χ2n) is 4.01. The van der Waals surface area contributed by atoms with Gasteiger partial charge in [-0.3, -0.25) is 24.6 Å². The minimum Gasteiger partial charge on any atom is -0.294 e. The summed E-state index contributed by atoms with van der Waals surface area (Å²) in [6, 6.07) is 1.33. The molecule has 0 saturated carbocycles. The third kappa shape index (κ3) is 2.68. The average molecular weight is 331 g/mol. The van der Waals surface area contributed by atoms with E-state index >= 15 is 0 Å². The number of carbonyl (C=O) groups excluding carboxylic acids is 3. The van der Waals surface area contributed by atoms with Crippen molar-refractivity contribution in [2.24, 2.45) is 0 Å². The maximum absolute atomic E-state index is 12.0. The van der Waals surface area contributed by atoms with Crippen LogP contribution in [0.1, 0.15) is 16.6 Å². The molecule has 2 rings (SSSR count). The van der Waals surface area contributed by atoms with E-state index in [2.05, 4.69) is 21.2 Å². The summed E-state index contributed by atoms with van der Waals surface area (Å²) in [5.74, 6) is -0.813. The summed E-state index contributed by atoms with van der Waals surface area (Å²) in [6.45, 7) is 1.82. The fourth-order valence-electron chi connectivity index (χ4n) is 1.71. The fraction of sp³-hybridized carbons (Fsp3) is 0.364. The molecule has 0 spiro atoms. The van der Waals surface area contributed by atoms with Gasteiger partial charge in [0.2, 0.25) is 11.8 Å². The lowest BCUT2D eigenvalue weighted by Gasteiger charge is -2.30. The Kier molecular flexibility index (Phi) is 3.94. The molecule has 1 N–H and O–H groups in total. The van der Waals surface area contributed by atoms with E-state index in [9.17, 15) is 14.4 Å². The van der Waals surface area contributed by atoms with Crippen LogP contribution in [0.5, 0.6) is 0 Å². The van der Waals surface area contributed by atoms with Gasteiger partial charge < -0.3 is 0 Å². The molecule has 1 aromatic heterocycles. The first-order valence-corrected chi connectivity index (χ1v) is 7.00. The van der Waals surface area contributed by atoms with Crippen LogP contribution in [-0.2, 0) is 9.59 Å². The molecule has 0 aliphatic carbocycles. The van der Waals surface area contributed by atoms with Crippen molar-refractivity contribution in [3.05, 3.63) is 20.8 Å². The summed E-state index contributed by atoms with van der Waals surface area (Å²) in [6.07, 6.45) is 0. The Hall–Kier alpha value is -1.05. The molecular formula is C11H11BrN2O3S. The first-order chi connectivity index (χ1) is 8.49. The highest BCUT2D eigenvalue weighted by atomic mass is 79.9. The van der Waals surface area contributed by atoms with Crippen LogP contribution in [0, 0.1) is 0 Å². The Labute approximate surface area is 116 Å². The number of Topliss-reactive ketones (excluding diaryl/α,β-unsaturated/α-hetero) is 1. The van der Waals surface area contributed by atoms with E-state index in [1.165, 1.54) is 11.3 Å². The molecule has 1 unspecified atom stereocenters. The average Bonchev–Trinajstić information content (AvgIpc) is 2.71. The molecule has 1 fully saturated rings. The molecule has 0 bridgehead atoms. The predicted molar refractivity (Wildman–Crippen MR) is 70.5 cm³/mol. The van der Waals surface area contributed by atoms with Crippen molar-refractivity contribution in [3.63, 3.8) is 0 Å². The van der Waals surface area contributed by atoms with Gasteiger partial charge in [0.1, 0.15) is 0 Å². The summed E-state index contributed by atoms with van der Waals surface area (Å²) in [4.78, 5) is 37.0. The molecule has 2 amide bonds. The number of halogens is 1. The number of carbonyl (C=O) groups is 3. The third-order valence-corrected chi connectivity index (χ3v) is 4.63. The topological polar surface area (TPSA) is 66.5 Å². The van der Waals surface area contributed by atoms with Crippen molar-refractivity contribution < 1.29 is 14.4 Å². The van der Waals surface area contributed by atoms with Crippen LogP contribution < -0.4 is 5.32 Å². The number of hydrogen-bond donors (Lipinski definition) is 1. The second kappa shape index (κ2) is 5.29. The molecule has 1 atom stereocenters. The fourth-order valence-corrected chi connectivity index (χ4v) is 3.24. The molecule has 96 valence electrons. The number of piperazine rings is 1. The van der Waals surface area contributed by atoms with E-state index in [-0.39, 0.29) is 30.7 Å². The molecule has 0 aromatic carbocycles. The van der Waals surface area contributed by atoms with Gasteiger partial charge in [-0.15, -0.1) is 11.3 Å². The monoisotopic (exact) mass is 330 g/mol. The largest absolute Gasteiger partial charge is 0.294 e. The summed E-state index contributed by atoms with van der Waals surface area (Å²) in [5, 5.41) is 4.06. The molecule has 1 aliphatic rings. The van der Waals surface area contributed by atoms with E-state index in [1.54, 1.807) is 17.9 Å². The van der Waals surface area contributed by atoms with Crippen LogP contribution in [0.4, 0.5) is 0 Å². The molecule has 1 aromatic rings. The van der Waals surface area contributed by atoms with Crippen LogP contribution in [0.2, 0.25) is 0 Å². The van der Waals surface area contributed by atoms with E-state index in [0.29, 0.717) is 4.88 Å². The van der Waals surface area contributed by atoms with E-state index < -0.39 is 6.04 Å². The Morgan fingerprint density at radius 1 is 1.61 bits per heavy atom. The maximum atomic E-state index is 12.0. The highest BCUT2D eigenvalue weighted by Crippen LogP contribution is 2.23. The number of ketones is 1. The van der Waals surface area contributed by atoms with Crippen molar-refractivity contribution in [2.75, 3.05) is 13.1 Å². The Morgan fingerprint density at radius 2 is 2.33 bits per heavy atom. The summed E-state index contributed by atoms with van der Waals surface area (Å²) in [7, 11) is 0. The number of thiophene rings is 1. The number of nitrogens with one attached hydrogen (secondary N) is 1. The quantitative estimate of drug-likeness (QED) is 0.664. The zero-order valence-electron chi connectivity index (χ0n) is 9.60. The Balaban J connectivity index is 2.09. The molecular weight excluding hydrogens is 320 g/mol. The van der Waals surface area contributed by atoms with E-state index in [1.807, 2.05) is 5.38 Å². The standard InChI is InChI=1S/C11H11BrN2O3S/c1-6-11(17)13-9(16)5-14(6)4-8(15)10-7(12)2-3-18-10/h2-3,6H,4-5H2,1H3,(H,13,16,17). The van der Waals surface area contributed by atoms with Crippen molar-refractivity contribution >= 4 is 44.9 Å². The first-order valence-electron chi connectivity index (χ1n) is 5.33. The first kappa shape index (κ1) is 13.4. The minimum atomic E-state index is -0.467. The van der Waals surface area contributed by atoms with Gasteiger partial charge in [0.15, 0.2) is 5.78 Å². The van der Waals surface area contributed by atoms with Crippen molar-refractivity contribution in [2.45, 2.75) is 13.0 Å². The Bertz CT molecular complexity index is 514. The molecule has 1 saturated heterocycles. The lowest BCUT2D eigenvalue weighted by molar-refractivity contribution is -0.139. The second-order valence-corrected chi connectivity index (χ2v) is 5.78. The highest BCUT2D eigenvalue weighted by Gasteiger charge is 2.31. The van der Waals surface area contributed by atoms with Gasteiger partial charge in [0.25, 0.3) is 0 Å². The molecule has 18 heavy (non-hydrogen) atoms. The number of rotatable bonds is 3. The van der Waals surface area contributed by atoms with Crippen molar-refractivity contribution in [3.8, 4) is 0 Å². The van der Waals surface area contributed by atoms with Crippen LogP contribution in [0.15, 0.2) is 15.9 Å². The van der Waals surface area contributed by atoms with E-state index in [4.69, 9.17) is 0 Å². The van der Waals surface area contributed by atoms with E-state index in [0.717, 1.165) is 4.47 Å². The van der Waals surface area contributed by atoms with Crippen molar-refractivity contribution in [1.82, 2.24) is 10.2 Å². The lowest BCUT2D eigenvalue weighted by atomic mass is 10.2. The van der Waals surface area contributed by atoms with Gasteiger partial charge in [-0.25, -0.2) is 0 Å². The molecule has 0 radical (unpaired) electrons. The van der Waals surface area contributed by atoms with Crippen LogP contribution in [0.3, 0.4) is 0 Å². The summed E-state index contributed by atoms with van der Waals surface area (Å²) in [5.41, 5.74) is 0. The lowest BCUT2D eigenvalue weighted by Crippen LogP contribution is -2.57. The van der Waals surface area contributed by atoms with Gasteiger partial charge in [-0.2, -0.15) is 0 Å². The summed E-state index contributed by atoms with van der Waals surface area (Å²) >= 11 is 4.64. The molecule has 5 nitrogen and oxygen atoms in total. The maximum Gasteiger partial charge on any atom is 0.243 e. The number of hydrogen-bond acceptors (Lipinski definition) is 5. The van der Waals surface area contributed by atoms with Gasteiger partial charge >= 0.3 is 0 Å². The van der Waals surface area contributed by atoms with Crippen LogP contribution in [0.25, 0.3) is 0 Å². The minimum absolute atomic E-state index is 0.0689. The molecule has 2 heterocycles. The van der Waals surface area contributed by atoms with Gasteiger partial charge in [-0.05, 0) is 34.3 Å². The number of nitrogens with zero attached hydrogens (tertiary/aromatic N) is 1. The molecule has 1 aliphatic heterocycles. The van der Waals surface area contributed by atoms with Gasteiger partial charge in [0.05, 0.1) is 24.0 Å². The smallest absolute Gasteiger partial charge is 0.243 e. The van der Waals surface area contributed by atoms with Gasteiger partial charge in [0, 0.05) is 4.47 Å². The summed E-state index contributed by atoms with van der Waals surface area (Å²) < 4.78 is 0.748. The van der Waals surface area contributed by atoms with Gasteiger partial charge in [-0.1, -0.05) is 0 Å². The Morgan fingerprint density at radius 3 is 2.94 bits per heavy atom. The zero-order valence-corrected chi connectivity index (χ0v) is 12.0. The predicted octanol–water partition coefficient (Wildman–Crippen LogP) is 1.04. The van der Waals surface area contributed by atoms with Crippen molar-refractivity contribution in [1.29, 1.82) is 0 Å².